The highest BCUT2D eigenvalue weighted by molar-refractivity contribution is 6.74. The molecular formula is C50H78N4O10Si2. The van der Waals surface area contributed by atoms with E-state index in [0.29, 0.717) is 86.7 Å². The quantitative estimate of drug-likeness (QED) is 0.0396. The summed E-state index contributed by atoms with van der Waals surface area (Å²) in [6, 6.07) is 6.16. The van der Waals surface area contributed by atoms with Gasteiger partial charge in [0.1, 0.15) is 6.61 Å². The fourth-order valence-corrected chi connectivity index (χ4v) is 9.44. The van der Waals surface area contributed by atoms with Crippen LogP contribution in [0.4, 0.5) is 16.2 Å². The Labute approximate surface area is 396 Å². The number of nitrogens with two attached hydrogens (primary N) is 1. The van der Waals surface area contributed by atoms with E-state index in [4.69, 9.17) is 38.3 Å². The average Bonchev–Trinajstić information content (AvgIpc) is 3.83. The molecule has 366 valence electrons. The van der Waals surface area contributed by atoms with Gasteiger partial charge >= 0.3 is 6.09 Å². The van der Waals surface area contributed by atoms with Gasteiger partial charge in [0.2, 0.25) is 0 Å². The lowest BCUT2D eigenvalue weighted by molar-refractivity contribution is 0.0686. The Morgan fingerprint density at radius 2 is 1.45 bits per heavy atom. The number of rotatable bonds is 24. The van der Waals surface area contributed by atoms with Gasteiger partial charge in [-0.05, 0) is 92.8 Å². The fraction of sp³-hybridized carbons (Fsp3) is 0.580. The second-order valence-electron chi connectivity index (χ2n) is 20.6. The number of likely N-dealkylation sites (tertiary alicyclic amines) is 1. The largest absolute Gasteiger partial charge is 0.493 e. The molecule has 3 atom stereocenters. The standard InChI is InChI=1S/C50H78N4O10Si2/c1-16-20-62-48(57)53-40-29-45(43(59-11)27-38(40)47(56)54-31-34(3)24-36(54)32-63-65(12,13)49(4,5)6)61-22-19-17-18-21-60-44-28-39(51)37(26-42(44)58-10)46(55)52-30-33(2)23-35-25-41(35)64-66(14,15)50(7,8)9/h16,26-29,35-36,41H,1-3,17-25,30-32,51H2,4-15H3,(H,52,55)(H,53,57)/t35-,36+,41?/m1/s1. The van der Waals surface area contributed by atoms with E-state index in [1.807, 2.05) is 0 Å². The number of hydrogen-bond acceptors (Lipinski definition) is 11. The van der Waals surface area contributed by atoms with E-state index in [9.17, 15) is 14.4 Å². The molecule has 2 aliphatic rings. The number of nitrogens with one attached hydrogen (secondary N) is 2. The monoisotopic (exact) mass is 951 g/mol. The summed E-state index contributed by atoms with van der Waals surface area (Å²) >= 11 is 0. The summed E-state index contributed by atoms with van der Waals surface area (Å²) in [6.45, 7) is 36.0. The van der Waals surface area contributed by atoms with Crippen molar-refractivity contribution in [1.29, 1.82) is 0 Å². The highest BCUT2D eigenvalue weighted by atomic mass is 28.4. The normalized spacial score (nSPS) is 17.5. The van der Waals surface area contributed by atoms with Gasteiger partial charge in [0.05, 0.1) is 56.9 Å². The molecule has 1 saturated heterocycles. The second-order valence-corrected chi connectivity index (χ2v) is 30.1. The van der Waals surface area contributed by atoms with Crippen molar-refractivity contribution in [1.82, 2.24) is 10.2 Å². The van der Waals surface area contributed by atoms with Gasteiger partial charge in [0, 0.05) is 37.0 Å². The number of unbranched alkanes of at least 4 members (excludes halogenated alkanes) is 2. The van der Waals surface area contributed by atoms with Gasteiger partial charge in [-0.25, -0.2) is 4.79 Å². The Balaban J connectivity index is 1.31. The zero-order chi connectivity index (χ0) is 49.2. The van der Waals surface area contributed by atoms with Crippen molar-refractivity contribution in [3.05, 3.63) is 72.4 Å². The van der Waals surface area contributed by atoms with E-state index in [2.05, 4.69) is 98.1 Å². The van der Waals surface area contributed by atoms with Crippen molar-refractivity contribution in [2.75, 3.05) is 64.8 Å². The molecule has 4 N–H and O–H groups in total. The number of nitrogen functional groups attached to an aromatic ring is 1. The van der Waals surface area contributed by atoms with Crippen LogP contribution in [0.2, 0.25) is 36.3 Å². The minimum Gasteiger partial charge on any atom is -0.493 e. The third kappa shape index (κ3) is 14.6. The van der Waals surface area contributed by atoms with E-state index in [1.54, 1.807) is 29.2 Å². The molecule has 1 saturated carbocycles. The number of anilines is 2. The number of nitrogens with zero attached hydrogens (tertiary/aromatic N) is 1. The van der Waals surface area contributed by atoms with Gasteiger partial charge in [-0.3, -0.25) is 14.9 Å². The van der Waals surface area contributed by atoms with Crippen LogP contribution in [0, 0.1) is 5.92 Å². The molecule has 2 aromatic carbocycles. The minimum absolute atomic E-state index is 0.00743. The lowest BCUT2D eigenvalue weighted by atomic mass is 10.1. The van der Waals surface area contributed by atoms with Crippen LogP contribution in [-0.2, 0) is 13.6 Å². The van der Waals surface area contributed by atoms with Crippen molar-refractivity contribution < 1.29 is 46.9 Å². The average molecular weight is 951 g/mol. The van der Waals surface area contributed by atoms with Crippen LogP contribution in [0.1, 0.15) is 101 Å². The third-order valence-corrected chi connectivity index (χ3v) is 22.2. The maximum Gasteiger partial charge on any atom is 0.411 e. The molecule has 1 heterocycles. The van der Waals surface area contributed by atoms with Gasteiger partial charge in [-0.2, -0.15) is 0 Å². The van der Waals surface area contributed by atoms with E-state index in [1.165, 1.54) is 20.3 Å². The van der Waals surface area contributed by atoms with Gasteiger partial charge in [0.15, 0.2) is 39.6 Å². The van der Waals surface area contributed by atoms with E-state index < -0.39 is 22.7 Å². The van der Waals surface area contributed by atoms with Gasteiger partial charge < -0.3 is 48.5 Å². The molecule has 1 aliphatic carbocycles. The zero-order valence-corrected chi connectivity index (χ0v) is 43.8. The van der Waals surface area contributed by atoms with Crippen LogP contribution in [-0.4, -0.2) is 105 Å². The number of hydrogen-bond donors (Lipinski definition) is 3. The number of amides is 3. The topological polar surface area (TPSA) is 169 Å². The predicted molar refractivity (Wildman–Crippen MR) is 268 cm³/mol. The smallest absolute Gasteiger partial charge is 0.411 e. The highest BCUT2D eigenvalue weighted by Gasteiger charge is 2.47. The molecule has 2 aromatic rings. The predicted octanol–water partition coefficient (Wildman–Crippen LogP) is 10.5. The van der Waals surface area contributed by atoms with E-state index >= 15 is 0 Å². The number of carbonyl (C=O) groups excluding carboxylic acids is 3. The van der Waals surface area contributed by atoms with Crippen molar-refractivity contribution in [3.8, 4) is 23.0 Å². The second kappa shape index (κ2) is 22.8. The van der Waals surface area contributed by atoms with Crippen LogP contribution >= 0.6 is 0 Å². The third-order valence-electron chi connectivity index (χ3n) is 13.2. The first kappa shape index (κ1) is 53.8. The number of ether oxygens (including phenoxy) is 5. The molecule has 0 aromatic heterocycles. The molecule has 0 spiro atoms. The summed E-state index contributed by atoms with van der Waals surface area (Å²) in [4.78, 5) is 42.1. The van der Waals surface area contributed by atoms with E-state index in [0.717, 1.165) is 30.4 Å². The molecule has 66 heavy (non-hydrogen) atoms. The zero-order valence-electron chi connectivity index (χ0n) is 41.8. The number of methoxy groups -OCH3 is 2. The molecular weight excluding hydrogens is 873 g/mol. The first-order valence-electron chi connectivity index (χ1n) is 23.1. The van der Waals surface area contributed by atoms with Crippen molar-refractivity contribution in [3.63, 3.8) is 0 Å². The Bertz CT molecular complexity index is 2080. The Kier molecular flexibility index (Phi) is 18.6. The van der Waals surface area contributed by atoms with Crippen molar-refractivity contribution in [2.45, 2.75) is 128 Å². The summed E-state index contributed by atoms with van der Waals surface area (Å²) in [6.07, 6.45) is 5.53. The molecule has 1 unspecified atom stereocenters. The molecule has 4 rings (SSSR count). The van der Waals surface area contributed by atoms with Crippen LogP contribution in [0.15, 0.2) is 61.2 Å². The van der Waals surface area contributed by atoms with Crippen LogP contribution < -0.4 is 35.3 Å². The first-order valence-corrected chi connectivity index (χ1v) is 28.9. The van der Waals surface area contributed by atoms with Crippen molar-refractivity contribution in [2.24, 2.45) is 5.92 Å². The molecule has 0 bridgehead atoms. The summed E-state index contributed by atoms with van der Waals surface area (Å²) in [5.41, 5.74) is 9.23. The van der Waals surface area contributed by atoms with Gasteiger partial charge in [0.25, 0.3) is 11.8 Å². The molecule has 14 nitrogen and oxygen atoms in total. The molecule has 3 amide bonds. The van der Waals surface area contributed by atoms with E-state index in [-0.39, 0.29) is 57.6 Å². The SMILES string of the molecule is C=CCOC(=O)Nc1cc(OCCCCCOc2cc(N)c(C(=O)NCC(=C)C[C@@H]3CC3O[Si](C)(C)C(C)(C)C)cc2OC)c(OC)cc1C(=O)N1CC(=C)C[C@H]1CO[Si](C)(C)C(C)(C)C. The number of carbonyl (C=O) groups is 3. The summed E-state index contributed by atoms with van der Waals surface area (Å²) in [5.74, 6) is 1.34. The van der Waals surface area contributed by atoms with Crippen LogP contribution in [0.25, 0.3) is 0 Å². The maximum atomic E-state index is 14.3. The summed E-state index contributed by atoms with van der Waals surface area (Å²) in [5, 5.41) is 5.85. The molecule has 2 fully saturated rings. The summed E-state index contributed by atoms with van der Waals surface area (Å²) < 4.78 is 41.8. The van der Waals surface area contributed by atoms with Crippen LogP contribution in [0.3, 0.4) is 0 Å². The minimum atomic E-state index is -2.09. The Hall–Kier alpha value is -4.78. The van der Waals surface area contributed by atoms with Crippen molar-refractivity contribution >= 4 is 45.9 Å². The summed E-state index contributed by atoms with van der Waals surface area (Å²) in [7, 11) is -0.900. The fourth-order valence-electron chi connectivity index (χ4n) is 7.00. The molecule has 1 aliphatic heterocycles. The Morgan fingerprint density at radius 3 is 2.03 bits per heavy atom. The lowest BCUT2D eigenvalue weighted by Crippen LogP contribution is -2.46. The Morgan fingerprint density at radius 1 is 0.864 bits per heavy atom. The highest BCUT2D eigenvalue weighted by Crippen LogP contribution is 2.46. The first-order chi connectivity index (χ1) is 30.8. The maximum absolute atomic E-state index is 14.3. The van der Waals surface area contributed by atoms with Gasteiger partial charge in [-0.15, -0.1) is 0 Å². The lowest BCUT2D eigenvalue weighted by Gasteiger charge is -2.38. The molecule has 0 radical (unpaired) electrons. The number of benzene rings is 2. The van der Waals surface area contributed by atoms with Crippen LogP contribution in [0.5, 0.6) is 23.0 Å². The molecule has 16 heteroatoms. The van der Waals surface area contributed by atoms with Gasteiger partial charge in [-0.1, -0.05) is 78.5 Å².